The lowest BCUT2D eigenvalue weighted by atomic mass is 9.96. The largest absolute Gasteiger partial charge is 0.494 e. The summed E-state index contributed by atoms with van der Waals surface area (Å²) in [6.07, 6.45) is -0.786. The molecule has 2 atom stereocenters. The van der Waals surface area contributed by atoms with E-state index in [-0.39, 0.29) is 30.5 Å². The highest BCUT2D eigenvalue weighted by atomic mass is 19.4. The highest BCUT2D eigenvalue weighted by Crippen LogP contribution is 2.62. The summed E-state index contributed by atoms with van der Waals surface area (Å²) in [5, 5.41) is 12.8. The highest BCUT2D eigenvalue weighted by molar-refractivity contribution is 6.01. The number of nitrogens with zero attached hydrogens (tertiary/aromatic N) is 7. The molecule has 2 aromatic carbocycles. The van der Waals surface area contributed by atoms with Crippen molar-refractivity contribution < 1.29 is 27.1 Å². The molecule has 1 aliphatic heterocycles. The van der Waals surface area contributed by atoms with Crippen LogP contribution in [-0.2, 0) is 11.2 Å². The number of rotatable bonds is 5. The zero-order valence-corrected chi connectivity index (χ0v) is 21.0. The number of carbonyl (C=O) groups excluding carboxylic acids is 1. The van der Waals surface area contributed by atoms with Crippen LogP contribution in [0.5, 0.6) is 5.75 Å². The quantitative estimate of drug-likeness (QED) is 0.347. The van der Waals surface area contributed by atoms with Crippen molar-refractivity contribution >= 4 is 11.6 Å². The standard InChI is InChI=1S/C26H23F4N7O2/c1-15-31-14-37(33-15)21-7-6-16(10-22(21)39-2)19-12-36(34-32-19)23-11-25(23)9-8-17-18(27)4-3-5-20(17)35(24(25)38)13-26(28,29)30/h3-7,10,12,14,23H,8-9,11,13H2,1-2H3. The molecule has 2 aromatic heterocycles. The van der Waals surface area contributed by atoms with Crippen LogP contribution in [0.4, 0.5) is 23.2 Å². The van der Waals surface area contributed by atoms with Crippen LogP contribution in [0.1, 0.15) is 30.3 Å². The molecule has 4 aromatic rings. The van der Waals surface area contributed by atoms with Crippen LogP contribution < -0.4 is 9.64 Å². The summed E-state index contributed by atoms with van der Waals surface area (Å²) in [5.74, 6) is -0.171. The zero-order chi connectivity index (χ0) is 27.5. The first-order valence-corrected chi connectivity index (χ1v) is 12.2. The fraction of sp³-hybridized carbons (Fsp3) is 0.346. The van der Waals surface area contributed by atoms with Crippen molar-refractivity contribution in [2.24, 2.45) is 5.41 Å². The van der Waals surface area contributed by atoms with Gasteiger partial charge in [0.2, 0.25) is 5.91 Å². The first-order chi connectivity index (χ1) is 18.6. The van der Waals surface area contributed by atoms with Crippen molar-refractivity contribution in [1.82, 2.24) is 29.8 Å². The van der Waals surface area contributed by atoms with Gasteiger partial charge < -0.3 is 9.64 Å². The summed E-state index contributed by atoms with van der Waals surface area (Å²) in [4.78, 5) is 18.4. The Morgan fingerprint density at radius 3 is 2.72 bits per heavy atom. The fourth-order valence-electron chi connectivity index (χ4n) is 5.40. The van der Waals surface area contributed by atoms with Crippen molar-refractivity contribution in [3.63, 3.8) is 0 Å². The third-order valence-corrected chi connectivity index (χ3v) is 7.41. The average Bonchev–Trinajstić information content (AvgIpc) is 3.22. The van der Waals surface area contributed by atoms with E-state index in [9.17, 15) is 22.4 Å². The Kier molecular flexibility index (Phi) is 5.70. The lowest BCUT2D eigenvalue weighted by Gasteiger charge is -2.27. The van der Waals surface area contributed by atoms with E-state index in [0.717, 1.165) is 0 Å². The Labute approximate surface area is 220 Å². The molecule has 2 aliphatic rings. The van der Waals surface area contributed by atoms with E-state index in [2.05, 4.69) is 20.4 Å². The van der Waals surface area contributed by atoms with E-state index >= 15 is 0 Å². The maximum atomic E-state index is 14.6. The lowest BCUT2D eigenvalue weighted by molar-refractivity contribution is -0.136. The van der Waals surface area contributed by atoms with Crippen molar-refractivity contribution in [2.75, 3.05) is 18.6 Å². The minimum Gasteiger partial charge on any atom is -0.494 e. The van der Waals surface area contributed by atoms with Crippen molar-refractivity contribution in [3.8, 4) is 22.7 Å². The number of carbonyl (C=O) groups is 1. The summed E-state index contributed by atoms with van der Waals surface area (Å²) in [6.45, 7) is 0.285. The van der Waals surface area contributed by atoms with Gasteiger partial charge in [-0.3, -0.25) is 4.79 Å². The van der Waals surface area contributed by atoms with Crippen LogP contribution in [0, 0.1) is 18.2 Å². The maximum Gasteiger partial charge on any atom is 0.406 e. The molecule has 1 spiro atoms. The number of alkyl halides is 3. The molecule has 202 valence electrons. The van der Waals surface area contributed by atoms with Gasteiger partial charge >= 0.3 is 6.18 Å². The molecule has 1 fully saturated rings. The number of fused-ring (bicyclic) bond motifs is 1. The van der Waals surface area contributed by atoms with E-state index in [4.69, 9.17) is 4.74 Å². The van der Waals surface area contributed by atoms with Gasteiger partial charge in [-0.15, -0.1) is 5.10 Å². The van der Waals surface area contributed by atoms with Crippen LogP contribution in [-0.4, -0.2) is 55.5 Å². The van der Waals surface area contributed by atoms with E-state index < -0.39 is 35.9 Å². The third-order valence-electron chi connectivity index (χ3n) is 7.41. The summed E-state index contributed by atoms with van der Waals surface area (Å²) >= 11 is 0. The van der Waals surface area contributed by atoms with E-state index in [1.165, 1.54) is 30.0 Å². The molecule has 0 N–H and O–H groups in total. The third kappa shape index (κ3) is 4.31. The number of methoxy groups -OCH3 is 1. The van der Waals surface area contributed by atoms with Gasteiger partial charge in [0.05, 0.1) is 30.5 Å². The molecule has 13 heteroatoms. The number of benzene rings is 2. The summed E-state index contributed by atoms with van der Waals surface area (Å²) in [5.41, 5.74) is 0.818. The van der Waals surface area contributed by atoms with Crippen LogP contribution >= 0.6 is 0 Å². The molecule has 1 saturated carbocycles. The number of aryl methyl sites for hydroxylation is 1. The average molecular weight is 542 g/mol. The number of anilines is 1. The van der Waals surface area contributed by atoms with Gasteiger partial charge in [-0.25, -0.2) is 18.7 Å². The van der Waals surface area contributed by atoms with Crippen LogP contribution in [0.15, 0.2) is 48.9 Å². The van der Waals surface area contributed by atoms with Crippen LogP contribution in [0.25, 0.3) is 16.9 Å². The summed E-state index contributed by atoms with van der Waals surface area (Å²) < 4.78 is 63.7. The first kappa shape index (κ1) is 25.0. The van der Waals surface area contributed by atoms with Gasteiger partial charge in [-0.1, -0.05) is 17.3 Å². The van der Waals surface area contributed by atoms with Gasteiger partial charge in [0.15, 0.2) is 0 Å². The molecule has 2 unspecified atom stereocenters. The maximum absolute atomic E-state index is 14.6. The normalized spacial score (nSPS) is 20.7. The molecule has 6 rings (SSSR count). The molecule has 9 nitrogen and oxygen atoms in total. The Hall–Kier alpha value is -4.29. The Morgan fingerprint density at radius 1 is 1.18 bits per heavy atom. The van der Waals surface area contributed by atoms with Crippen LogP contribution in [0.3, 0.4) is 0 Å². The molecule has 0 saturated heterocycles. The molecule has 39 heavy (non-hydrogen) atoms. The molecule has 0 bridgehead atoms. The summed E-state index contributed by atoms with van der Waals surface area (Å²) in [6, 6.07) is 8.76. The molecule has 1 aliphatic carbocycles. The monoisotopic (exact) mass is 541 g/mol. The van der Waals surface area contributed by atoms with E-state index in [0.29, 0.717) is 33.4 Å². The highest BCUT2D eigenvalue weighted by Gasteiger charge is 2.64. The second-order valence-electron chi connectivity index (χ2n) is 9.83. The Morgan fingerprint density at radius 2 is 2.00 bits per heavy atom. The molecular weight excluding hydrogens is 518 g/mol. The van der Waals surface area contributed by atoms with Gasteiger partial charge in [0.1, 0.15) is 41.6 Å². The number of ether oxygens (including phenoxy) is 1. The van der Waals surface area contributed by atoms with E-state index in [1.54, 1.807) is 36.3 Å². The van der Waals surface area contributed by atoms with Crippen molar-refractivity contribution in [1.29, 1.82) is 0 Å². The zero-order valence-electron chi connectivity index (χ0n) is 21.0. The Balaban J connectivity index is 1.30. The second-order valence-corrected chi connectivity index (χ2v) is 9.83. The first-order valence-electron chi connectivity index (χ1n) is 12.2. The fourth-order valence-corrected chi connectivity index (χ4v) is 5.40. The number of halogens is 4. The van der Waals surface area contributed by atoms with E-state index in [1.807, 2.05) is 6.07 Å². The minimum atomic E-state index is -4.65. The molecule has 0 radical (unpaired) electrons. The smallest absolute Gasteiger partial charge is 0.406 e. The summed E-state index contributed by atoms with van der Waals surface area (Å²) in [7, 11) is 1.53. The van der Waals surface area contributed by atoms with Gasteiger partial charge in [-0.05, 0) is 50.5 Å². The Bertz CT molecular complexity index is 1580. The van der Waals surface area contributed by atoms with Gasteiger partial charge in [0.25, 0.3) is 0 Å². The van der Waals surface area contributed by atoms with Gasteiger partial charge in [-0.2, -0.15) is 18.3 Å². The topological polar surface area (TPSA) is 91.0 Å². The van der Waals surface area contributed by atoms with Crippen molar-refractivity contribution in [2.45, 2.75) is 38.4 Å². The SMILES string of the molecule is COc1cc(-c2cn(C3CC34CCc3c(F)cccc3N(CC(F)(F)F)C4=O)nn2)ccc1-n1cnc(C)n1. The lowest BCUT2D eigenvalue weighted by Crippen LogP contribution is -2.43. The second kappa shape index (κ2) is 8.89. The van der Waals surface area contributed by atoms with Crippen LogP contribution in [0.2, 0.25) is 0 Å². The predicted molar refractivity (Wildman–Crippen MR) is 131 cm³/mol. The number of hydrogen-bond donors (Lipinski definition) is 0. The minimum absolute atomic E-state index is 0.0334. The predicted octanol–water partition coefficient (Wildman–Crippen LogP) is 4.45. The van der Waals surface area contributed by atoms with Crippen molar-refractivity contribution in [3.05, 3.63) is 66.1 Å². The molecule has 1 amide bonds. The molecular formula is C26H23F4N7O2. The number of aromatic nitrogens is 6. The molecule has 3 heterocycles. The van der Waals surface area contributed by atoms with Gasteiger partial charge in [0, 0.05) is 11.1 Å². The number of amides is 1. The number of hydrogen-bond acceptors (Lipinski definition) is 6.